The Bertz CT molecular complexity index is 890. The number of pyridine rings is 1. The van der Waals surface area contributed by atoms with Gasteiger partial charge in [0.2, 0.25) is 5.91 Å². The van der Waals surface area contributed by atoms with E-state index in [0.717, 1.165) is 76.2 Å². The molecule has 2 amide bonds. The van der Waals surface area contributed by atoms with Crippen LogP contribution in [0.25, 0.3) is 0 Å². The van der Waals surface area contributed by atoms with E-state index >= 15 is 0 Å². The molecule has 1 aliphatic carbocycles. The molecule has 0 atom stereocenters. The average molecular weight is 428 g/mol. The summed E-state index contributed by atoms with van der Waals surface area (Å²) in [6.45, 7) is 5.43. The van der Waals surface area contributed by atoms with Crippen molar-refractivity contribution in [2.24, 2.45) is 5.73 Å². The van der Waals surface area contributed by atoms with Gasteiger partial charge in [-0.25, -0.2) is 0 Å². The highest BCUT2D eigenvalue weighted by molar-refractivity contribution is 7.17. The summed E-state index contributed by atoms with van der Waals surface area (Å²) in [4.78, 5) is 34.8. The monoisotopic (exact) mass is 427 g/mol. The molecule has 1 fully saturated rings. The van der Waals surface area contributed by atoms with Crippen LogP contribution < -0.4 is 11.1 Å². The molecule has 0 saturated carbocycles. The number of nitrogens with one attached hydrogen (secondary N) is 1. The first-order valence-electron chi connectivity index (χ1n) is 10.7. The molecule has 3 heterocycles. The predicted molar refractivity (Wildman–Crippen MR) is 119 cm³/mol. The van der Waals surface area contributed by atoms with E-state index in [-0.39, 0.29) is 5.91 Å². The van der Waals surface area contributed by atoms with Gasteiger partial charge < -0.3 is 16.0 Å². The van der Waals surface area contributed by atoms with Gasteiger partial charge in [0.1, 0.15) is 5.00 Å². The van der Waals surface area contributed by atoms with Crippen molar-refractivity contribution >= 4 is 28.2 Å². The van der Waals surface area contributed by atoms with Crippen molar-refractivity contribution in [1.29, 1.82) is 0 Å². The van der Waals surface area contributed by atoms with Crippen LogP contribution in [0.15, 0.2) is 24.4 Å². The minimum atomic E-state index is -0.436. The van der Waals surface area contributed by atoms with Crippen LogP contribution in [0.4, 0.5) is 5.00 Å². The molecule has 7 nitrogen and oxygen atoms in total. The van der Waals surface area contributed by atoms with Crippen LogP contribution in [0.1, 0.15) is 45.8 Å². The van der Waals surface area contributed by atoms with Gasteiger partial charge in [-0.05, 0) is 43.4 Å². The summed E-state index contributed by atoms with van der Waals surface area (Å²) < 4.78 is 0. The Balaban J connectivity index is 1.25. The fraction of sp³-hybridized carbons (Fsp3) is 0.500. The van der Waals surface area contributed by atoms with Gasteiger partial charge in [0.15, 0.2) is 0 Å². The maximum Gasteiger partial charge on any atom is 0.251 e. The zero-order chi connectivity index (χ0) is 20.9. The molecule has 0 radical (unpaired) electrons. The molecule has 0 spiro atoms. The molecule has 30 heavy (non-hydrogen) atoms. The second kappa shape index (κ2) is 9.68. The van der Waals surface area contributed by atoms with Gasteiger partial charge in [-0.3, -0.25) is 19.5 Å². The highest BCUT2D eigenvalue weighted by Crippen LogP contribution is 2.37. The summed E-state index contributed by atoms with van der Waals surface area (Å²) in [5.74, 6) is -0.485. The number of nitrogens with two attached hydrogens (primary N) is 1. The standard InChI is InChI=1S/C22H29N5O2S/c23-21(29)20-17-6-1-2-7-18(17)30-22(20)25-19(28)8-10-26-11-13-27(14-12-26)15-16-5-3-4-9-24-16/h3-5,9H,1-2,6-8,10-15H2,(H2,23,29)(H,25,28). The number of nitrogens with zero attached hydrogens (tertiary/aromatic N) is 3. The summed E-state index contributed by atoms with van der Waals surface area (Å²) in [5, 5.41) is 3.60. The number of hydrogen-bond acceptors (Lipinski definition) is 6. The fourth-order valence-electron chi connectivity index (χ4n) is 4.26. The first-order valence-corrected chi connectivity index (χ1v) is 11.5. The molecule has 1 aliphatic heterocycles. The number of hydrogen-bond donors (Lipinski definition) is 2. The minimum absolute atomic E-state index is 0.0491. The second-order valence-corrected chi connectivity index (χ2v) is 9.12. The maximum absolute atomic E-state index is 12.5. The lowest BCUT2D eigenvalue weighted by molar-refractivity contribution is -0.116. The van der Waals surface area contributed by atoms with Gasteiger partial charge in [0, 0.05) is 56.8 Å². The Morgan fingerprint density at radius 1 is 1.10 bits per heavy atom. The number of aromatic nitrogens is 1. The van der Waals surface area contributed by atoms with E-state index in [4.69, 9.17) is 5.73 Å². The Labute approximate surface area is 181 Å². The third kappa shape index (κ3) is 5.06. The zero-order valence-electron chi connectivity index (χ0n) is 17.2. The number of piperazine rings is 1. The van der Waals surface area contributed by atoms with Crippen LogP contribution in [0.2, 0.25) is 0 Å². The predicted octanol–water partition coefficient (Wildman–Crippen LogP) is 2.27. The van der Waals surface area contributed by atoms with E-state index in [2.05, 4.69) is 26.2 Å². The normalized spacial score (nSPS) is 17.5. The number of rotatable bonds is 7. The van der Waals surface area contributed by atoms with Crippen LogP contribution in [-0.4, -0.2) is 59.3 Å². The number of carbonyl (C=O) groups is 2. The summed E-state index contributed by atoms with van der Waals surface area (Å²) in [7, 11) is 0. The van der Waals surface area contributed by atoms with Gasteiger partial charge in [0.05, 0.1) is 11.3 Å². The molecule has 0 unspecified atom stereocenters. The number of primary amides is 1. The summed E-state index contributed by atoms with van der Waals surface area (Å²) >= 11 is 1.52. The molecule has 2 aliphatic rings. The Kier molecular flexibility index (Phi) is 6.76. The summed E-state index contributed by atoms with van der Waals surface area (Å²) in [6.07, 6.45) is 6.30. The van der Waals surface area contributed by atoms with Gasteiger partial charge >= 0.3 is 0 Å². The van der Waals surface area contributed by atoms with Gasteiger partial charge in [-0.1, -0.05) is 6.07 Å². The van der Waals surface area contributed by atoms with Gasteiger partial charge in [0.25, 0.3) is 5.91 Å². The van der Waals surface area contributed by atoms with Crippen molar-refractivity contribution in [3.05, 3.63) is 46.1 Å². The quantitative estimate of drug-likeness (QED) is 0.707. The van der Waals surface area contributed by atoms with Crippen molar-refractivity contribution in [2.75, 3.05) is 38.0 Å². The summed E-state index contributed by atoms with van der Waals surface area (Å²) in [5.41, 5.74) is 8.30. The lowest BCUT2D eigenvalue weighted by Gasteiger charge is -2.34. The van der Waals surface area contributed by atoms with E-state index in [1.54, 1.807) is 0 Å². The smallest absolute Gasteiger partial charge is 0.251 e. The third-order valence-electron chi connectivity index (χ3n) is 5.90. The number of fused-ring (bicyclic) bond motifs is 1. The zero-order valence-corrected chi connectivity index (χ0v) is 18.0. The Morgan fingerprint density at radius 2 is 1.87 bits per heavy atom. The van der Waals surface area contributed by atoms with Crippen LogP contribution in [0.5, 0.6) is 0 Å². The van der Waals surface area contributed by atoms with E-state index in [1.807, 2.05) is 18.3 Å². The topological polar surface area (TPSA) is 91.6 Å². The molecule has 2 aromatic heterocycles. The molecule has 0 bridgehead atoms. The molecular formula is C22H29N5O2S. The van der Waals surface area contributed by atoms with Gasteiger partial charge in [-0.15, -0.1) is 11.3 Å². The van der Waals surface area contributed by atoms with Crippen molar-refractivity contribution in [3.8, 4) is 0 Å². The number of anilines is 1. The summed E-state index contributed by atoms with van der Waals surface area (Å²) in [6, 6.07) is 6.01. The van der Waals surface area contributed by atoms with Gasteiger partial charge in [-0.2, -0.15) is 0 Å². The number of carbonyl (C=O) groups excluding carboxylic acids is 2. The molecule has 1 saturated heterocycles. The van der Waals surface area contributed by atoms with Crippen molar-refractivity contribution < 1.29 is 9.59 Å². The van der Waals surface area contributed by atoms with Crippen LogP contribution in [-0.2, 0) is 24.2 Å². The van der Waals surface area contributed by atoms with Crippen molar-refractivity contribution in [3.63, 3.8) is 0 Å². The van der Waals surface area contributed by atoms with E-state index in [9.17, 15) is 9.59 Å². The minimum Gasteiger partial charge on any atom is -0.365 e. The third-order valence-corrected chi connectivity index (χ3v) is 7.11. The average Bonchev–Trinajstić information content (AvgIpc) is 3.12. The van der Waals surface area contributed by atoms with E-state index < -0.39 is 5.91 Å². The molecular weight excluding hydrogens is 398 g/mol. The lowest BCUT2D eigenvalue weighted by atomic mass is 9.95. The molecule has 2 aromatic rings. The molecule has 8 heteroatoms. The highest BCUT2D eigenvalue weighted by Gasteiger charge is 2.25. The highest BCUT2D eigenvalue weighted by atomic mass is 32.1. The van der Waals surface area contributed by atoms with Crippen LogP contribution in [0, 0.1) is 0 Å². The lowest BCUT2D eigenvalue weighted by Crippen LogP contribution is -2.46. The Hall–Kier alpha value is -2.29. The first-order chi connectivity index (χ1) is 14.6. The number of aryl methyl sites for hydroxylation is 1. The maximum atomic E-state index is 12.5. The van der Waals surface area contributed by atoms with E-state index in [0.29, 0.717) is 17.0 Å². The molecule has 0 aromatic carbocycles. The van der Waals surface area contributed by atoms with E-state index in [1.165, 1.54) is 16.2 Å². The van der Waals surface area contributed by atoms with Crippen LogP contribution >= 0.6 is 11.3 Å². The molecule has 160 valence electrons. The Morgan fingerprint density at radius 3 is 2.60 bits per heavy atom. The van der Waals surface area contributed by atoms with Crippen LogP contribution in [0.3, 0.4) is 0 Å². The largest absolute Gasteiger partial charge is 0.365 e. The number of amides is 2. The molecule has 4 rings (SSSR count). The second-order valence-electron chi connectivity index (χ2n) is 8.02. The SMILES string of the molecule is NC(=O)c1c(NC(=O)CCN2CCN(Cc3ccccn3)CC2)sc2c1CCCC2. The molecule has 3 N–H and O–H groups in total. The first kappa shape index (κ1) is 21.0. The van der Waals surface area contributed by atoms with Crippen molar-refractivity contribution in [2.45, 2.75) is 38.6 Å². The fourth-order valence-corrected chi connectivity index (χ4v) is 5.57. The van der Waals surface area contributed by atoms with Crippen molar-refractivity contribution in [1.82, 2.24) is 14.8 Å². The number of thiophene rings is 1.